The van der Waals surface area contributed by atoms with Crippen LogP contribution in [0.5, 0.6) is 0 Å². The lowest BCUT2D eigenvalue weighted by molar-refractivity contribution is -0.117. The Morgan fingerprint density at radius 1 is 1.07 bits per heavy atom. The lowest BCUT2D eigenvalue weighted by Crippen LogP contribution is -2.24. The summed E-state index contributed by atoms with van der Waals surface area (Å²) in [6.07, 6.45) is 1.47. The zero-order chi connectivity index (χ0) is 20.8. The third-order valence-electron chi connectivity index (χ3n) is 4.66. The second-order valence-electron chi connectivity index (χ2n) is 7.26. The van der Waals surface area contributed by atoms with Gasteiger partial charge in [0.05, 0.1) is 18.3 Å². The minimum Gasteiger partial charge on any atom is -0.454 e. The molecule has 1 amide bonds. The fraction of sp³-hybridized carbons (Fsp3) is 0.348. The van der Waals surface area contributed by atoms with E-state index in [1.165, 1.54) is 0 Å². The standard InChI is InChI=1S/C23H25NO5/c1-16(2)28-14-17-8-10-18(11-9-17)23(27)29-15-21(25)19-5-3-6-20(13-19)24-12-4-7-22(24)26/h3,5-6,8-11,13,16H,4,7,12,14-15H2,1-2H3. The van der Waals surface area contributed by atoms with Gasteiger partial charge in [0.25, 0.3) is 0 Å². The summed E-state index contributed by atoms with van der Waals surface area (Å²) in [6.45, 7) is 4.70. The summed E-state index contributed by atoms with van der Waals surface area (Å²) in [7, 11) is 0. The molecular weight excluding hydrogens is 370 g/mol. The highest BCUT2D eigenvalue weighted by Gasteiger charge is 2.22. The van der Waals surface area contributed by atoms with Crippen molar-refractivity contribution in [3.05, 3.63) is 65.2 Å². The molecule has 29 heavy (non-hydrogen) atoms. The van der Waals surface area contributed by atoms with Crippen molar-refractivity contribution >= 4 is 23.3 Å². The Morgan fingerprint density at radius 2 is 1.83 bits per heavy atom. The first-order valence-electron chi connectivity index (χ1n) is 9.75. The molecule has 0 aromatic heterocycles. The van der Waals surface area contributed by atoms with Crippen molar-refractivity contribution < 1.29 is 23.9 Å². The number of ketones is 1. The molecule has 2 aromatic rings. The smallest absolute Gasteiger partial charge is 0.338 e. The number of carbonyl (C=O) groups is 3. The van der Waals surface area contributed by atoms with E-state index in [9.17, 15) is 14.4 Å². The first-order valence-corrected chi connectivity index (χ1v) is 9.75. The van der Waals surface area contributed by atoms with Gasteiger partial charge in [-0.15, -0.1) is 0 Å². The molecule has 1 aliphatic heterocycles. The van der Waals surface area contributed by atoms with Gasteiger partial charge in [0, 0.05) is 24.2 Å². The SMILES string of the molecule is CC(C)OCc1ccc(C(=O)OCC(=O)c2cccc(N3CCCC3=O)c2)cc1. The maximum absolute atomic E-state index is 12.4. The first-order chi connectivity index (χ1) is 13.9. The topological polar surface area (TPSA) is 72.9 Å². The van der Waals surface area contributed by atoms with Crippen LogP contribution >= 0.6 is 0 Å². The Balaban J connectivity index is 1.56. The highest BCUT2D eigenvalue weighted by molar-refractivity contribution is 6.01. The highest BCUT2D eigenvalue weighted by Crippen LogP contribution is 2.22. The number of nitrogens with zero attached hydrogens (tertiary/aromatic N) is 1. The van der Waals surface area contributed by atoms with Crippen LogP contribution < -0.4 is 4.90 Å². The van der Waals surface area contributed by atoms with Crippen LogP contribution in [-0.2, 0) is 20.9 Å². The lowest BCUT2D eigenvalue weighted by Gasteiger charge is -2.16. The summed E-state index contributed by atoms with van der Waals surface area (Å²) < 4.78 is 10.7. The minimum absolute atomic E-state index is 0.0586. The first kappa shape index (κ1) is 20.7. The number of rotatable bonds is 8. The average molecular weight is 395 g/mol. The van der Waals surface area contributed by atoms with E-state index in [4.69, 9.17) is 9.47 Å². The lowest BCUT2D eigenvalue weighted by atomic mass is 10.1. The summed E-state index contributed by atoms with van der Waals surface area (Å²) in [5.41, 5.74) is 2.45. The number of ether oxygens (including phenoxy) is 2. The molecule has 1 aliphatic rings. The number of hydrogen-bond acceptors (Lipinski definition) is 5. The molecule has 1 saturated heterocycles. The van der Waals surface area contributed by atoms with Crippen molar-refractivity contribution in [1.82, 2.24) is 0 Å². The zero-order valence-electron chi connectivity index (χ0n) is 16.7. The van der Waals surface area contributed by atoms with E-state index in [2.05, 4.69) is 0 Å². The Kier molecular flexibility index (Phi) is 6.77. The van der Waals surface area contributed by atoms with Gasteiger partial charge in [0.15, 0.2) is 12.4 Å². The van der Waals surface area contributed by atoms with Crippen LogP contribution in [-0.4, -0.2) is 36.9 Å². The van der Waals surface area contributed by atoms with Gasteiger partial charge in [-0.25, -0.2) is 4.79 Å². The summed E-state index contributed by atoms with van der Waals surface area (Å²) in [4.78, 5) is 38.2. The van der Waals surface area contributed by atoms with E-state index < -0.39 is 5.97 Å². The molecule has 1 fully saturated rings. The van der Waals surface area contributed by atoms with Gasteiger partial charge >= 0.3 is 5.97 Å². The number of amides is 1. The number of Topliss-reactive ketones (excluding diaryl/α,β-unsaturated/α-hetero) is 1. The van der Waals surface area contributed by atoms with Crippen LogP contribution in [0.3, 0.4) is 0 Å². The monoisotopic (exact) mass is 395 g/mol. The van der Waals surface area contributed by atoms with E-state index in [-0.39, 0.29) is 24.4 Å². The molecule has 0 N–H and O–H groups in total. The van der Waals surface area contributed by atoms with Crippen LogP contribution in [0.1, 0.15) is 53.0 Å². The molecule has 6 heteroatoms. The predicted molar refractivity (Wildman–Crippen MR) is 109 cm³/mol. The predicted octanol–water partition coefficient (Wildman–Crippen LogP) is 3.78. The van der Waals surface area contributed by atoms with Crippen LogP contribution in [0.25, 0.3) is 0 Å². The molecule has 0 aliphatic carbocycles. The summed E-state index contributed by atoms with van der Waals surface area (Å²) >= 11 is 0. The number of esters is 1. The Bertz CT molecular complexity index is 888. The molecule has 0 radical (unpaired) electrons. The largest absolute Gasteiger partial charge is 0.454 e. The Labute approximate surface area is 170 Å². The third kappa shape index (κ3) is 5.51. The number of hydrogen-bond donors (Lipinski definition) is 0. The van der Waals surface area contributed by atoms with E-state index in [0.717, 1.165) is 12.0 Å². The molecular formula is C23H25NO5. The quantitative estimate of drug-likeness (QED) is 0.502. The third-order valence-corrected chi connectivity index (χ3v) is 4.66. The maximum Gasteiger partial charge on any atom is 0.338 e. The van der Waals surface area contributed by atoms with Gasteiger partial charge in [-0.1, -0.05) is 24.3 Å². The Hall–Kier alpha value is -2.99. The molecule has 0 unspecified atom stereocenters. The van der Waals surface area contributed by atoms with E-state index in [1.807, 2.05) is 13.8 Å². The molecule has 3 rings (SSSR count). The molecule has 0 saturated carbocycles. The van der Waals surface area contributed by atoms with Gasteiger partial charge in [0.1, 0.15) is 0 Å². The zero-order valence-corrected chi connectivity index (χ0v) is 16.7. The summed E-state index contributed by atoms with van der Waals surface area (Å²) in [5.74, 6) is -0.808. The van der Waals surface area contributed by atoms with Gasteiger partial charge in [0.2, 0.25) is 5.91 Å². The molecule has 0 spiro atoms. The summed E-state index contributed by atoms with van der Waals surface area (Å²) in [5, 5.41) is 0. The van der Waals surface area contributed by atoms with Crippen molar-refractivity contribution in [3.8, 4) is 0 Å². The molecule has 1 heterocycles. The van der Waals surface area contributed by atoms with E-state index in [0.29, 0.717) is 36.4 Å². The minimum atomic E-state index is -0.555. The number of anilines is 1. The van der Waals surface area contributed by atoms with Crippen molar-refractivity contribution in [2.24, 2.45) is 0 Å². The van der Waals surface area contributed by atoms with Gasteiger partial charge < -0.3 is 14.4 Å². The normalized spacial score (nSPS) is 13.8. The van der Waals surface area contributed by atoms with Gasteiger partial charge in [-0.2, -0.15) is 0 Å². The van der Waals surface area contributed by atoms with Crippen molar-refractivity contribution in [2.45, 2.75) is 39.4 Å². The van der Waals surface area contributed by atoms with Crippen LogP contribution in [0.4, 0.5) is 5.69 Å². The molecule has 6 nitrogen and oxygen atoms in total. The average Bonchev–Trinajstić information content (AvgIpc) is 3.16. The molecule has 0 bridgehead atoms. The van der Waals surface area contributed by atoms with E-state index in [1.54, 1.807) is 53.4 Å². The summed E-state index contributed by atoms with van der Waals surface area (Å²) in [6, 6.07) is 13.8. The van der Waals surface area contributed by atoms with Crippen LogP contribution in [0.2, 0.25) is 0 Å². The fourth-order valence-electron chi connectivity index (χ4n) is 3.07. The van der Waals surface area contributed by atoms with Crippen LogP contribution in [0, 0.1) is 0 Å². The van der Waals surface area contributed by atoms with Gasteiger partial charge in [-0.05, 0) is 50.1 Å². The molecule has 2 aromatic carbocycles. The molecule has 0 atom stereocenters. The number of carbonyl (C=O) groups excluding carboxylic acids is 3. The van der Waals surface area contributed by atoms with Gasteiger partial charge in [-0.3, -0.25) is 9.59 Å². The van der Waals surface area contributed by atoms with Crippen molar-refractivity contribution in [1.29, 1.82) is 0 Å². The molecule has 152 valence electrons. The van der Waals surface area contributed by atoms with Crippen LogP contribution in [0.15, 0.2) is 48.5 Å². The fourth-order valence-corrected chi connectivity index (χ4v) is 3.07. The number of benzene rings is 2. The maximum atomic E-state index is 12.4. The Morgan fingerprint density at radius 3 is 2.48 bits per heavy atom. The second kappa shape index (κ2) is 9.47. The van der Waals surface area contributed by atoms with Crippen molar-refractivity contribution in [2.75, 3.05) is 18.1 Å². The van der Waals surface area contributed by atoms with E-state index >= 15 is 0 Å². The second-order valence-corrected chi connectivity index (χ2v) is 7.26. The highest BCUT2D eigenvalue weighted by atomic mass is 16.5. The van der Waals surface area contributed by atoms with Crippen molar-refractivity contribution in [3.63, 3.8) is 0 Å².